The molecule has 0 heterocycles. The average Bonchev–Trinajstić information content (AvgIpc) is 2.27. The first kappa shape index (κ1) is 15.4. The molecule has 0 aromatic rings. The van der Waals surface area contributed by atoms with Crippen molar-refractivity contribution in [3.63, 3.8) is 0 Å². The normalized spacial score (nSPS) is 10.4. The van der Waals surface area contributed by atoms with Crippen LogP contribution in [0.25, 0.3) is 0 Å². The Morgan fingerprint density at radius 1 is 1.12 bits per heavy atom. The smallest absolute Gasteiger partial charge is 0.305 e. The largest absolute Gasteiger partial charge is 0.466 e. The molecule has 0 saturated heterocycles. The number of ether oxygens (including phenoxy) is 2. The molecule has 0 amide bonds. The maximum Gasteiger partial charge on any atom is 0.305 e. The van der Waals surface area contributed by atoms with Gasteiger partial charge in [0.2, 0.25) is 0 Å². The molecule has 0 aromatic carbocycles. The lowest BCUT2D eigenvalue weighted by atomic mass is 10.2. The van der Waals surface area contributed by atoms with Crippen LogP contribution in [0.1, 0.15) is 39.0 Å². The number of carbonyl (C=O) groups is 1. The number of methoxy groups -OCH3 is 1. The molecular formula is C12H25NO3. The van der Waals surface area contributed by atoms with Crippen molar-refractivity contribution in [1.82, 2.24) is 5.32 Å². The van der Waals surface area contributed by atoms with Gasteiger partial charge in [0.05, 0.1) is 6.61 Å². The molecule has 4 heteroatoms. The zero-order valence-corrected chi connectivity index (χ0v) is 10.6. The van der Waals surface area contributed by atoms with Crippen LogP contribution in [-0.4, -0.2) is 39.4 Å². The van der Waals surface area contributed by atoms with Crippen LogP contribution < -0.4 is 5.32 Å². The second-order valence-corrected chi connectivity index (χ2v) is 3.71. The van der Waals surface area contributed by atoms with E-state index in [1.165, 1.54) is 0 Å². The number of unbranched alkanes of at least 4 members (excludes halogenated alkanes) is 2. The molecule has 0 saturated carbocycles. The van der Waals surface area contributed by atoms with Crippen LogP contribution in [0, 0.1) is 0 Å². The summed E-state index contributed by atoms with van der Waals surface area (Å²) in [5.74, 6) is -0.0736. The van der Waals surface area contributed by atoms with E-state index in [-0.39, 0.29) is 5.97 Å². The zero-order chi connectivity index (χ0) is 12.1. The summed E-state index contributed by atoms with van der Waals surface area (Å²) >= 11 is 0. The van der Waals surface area contributed by atoms with Crippen LogP contribution in [0.5, 0.6) is 0 Å². The van der Waals surface area contributed by atoms with Gasteiger partial charge in [-0.2, -0.15) is 0 Å². The van der Waals surface area contributed by atoms with Gasteiger partial charge in [0.25, 0.3) is 0 Å². The van der Waals surface area contributed by atoms with E-state index >= 15 is 0 Å². The maximum atomic E-state index is 11.0. The number of hydrogen-bond acceptors (Lipinski definition) is 4. The molecule has 0 atom stereocenters. The molecule has 4 nitrogen and oxygen atoms in total. The van der Waals surface area contributed by atoms with Crippen LogP contribution in [-0.2, 0) is 14.3 Å². The standard InChI is InChI=1S/C12H25NO3/c1-3-16-12(14)8-5-4-6-9-13-10-7-11-15-2/h13H,3-11H2,1-2H3. The minimum Gasteiger partial charge on any atom is -0.466 e. The van der Waals surface area contributed by atoms with Crippen molar-refractivity contribution in [2.75, 3.05) is 33.4 Å². The molecule has 0 aliphatic carbocycles. The molecule has 0 bridgehead atoms. The molecule has 1 N–H and O–H groups in total. The fourth-order valence-corrected chi connectivity index (χ4v) is 1.40. The summed E-state index contributed by atoms with van der Waals surface area (Å²) in [5, 5.41) is 3.34. The summed E-state index contributed by atoms with van der Waals surface area (Å²) in [7, 11) is 1.72. The summed E-state index contributed by atoms with van der Waals surface area (Å²) in [6.07, 6.45) is 4.73. The first-order chi connectivity index (χ1) is 7.81. The lowest BCUT2D eigenvalue weighted by Crippen LogP contribution is -2.17. The van der Waals surface area contributed by atoms with E-state index in [4.69, 9.17) is 9.47 Å². The molecule has 0 aliphatic heterocycles. The summed E-state index contributed by atoms with van der Waals surface area (Å²) < 4.78 is 9.79. The molecule has 0 radical (unpaired) electrons. The molecule has 0 aliphatic rings. The first-order valence-electron chi connectivity index (χ1n) is 6.16. The van der Waals surface area contributed by atoms with E-state index in [1.807, 2.05) is 6.92 Å². The van der Waals surface area contributed by atoms with Crippen molar-refractivity contribution in [1.29, 1.82) is 0 Å². The Hall–Kier alpha value is -0.610. The van der Waals surface area contributed by atoms with E-state index in [1.54, 1.807) is 7.11 Å². The second kappa shape index (κ2) is 12.5. The number of nitrogens with one attached hydrogen (secondary N) is 1. The third-order valence-electron chi connectivity index (χ3n) is 2.24. The van der Waals surface area contributed by atoms with Crippen molar-refractivity contribution in [3.8, 4) is 0 Å². The van der Waals surface area contributed by atoms with Gasteiger partial charge >= 0.3 is 5.97 Å². The first-order valence-corrected chi connectivity index (χ1v) is 6.16. The molecule has 0 aromatic heterocycles. The third-order valence-corrected chi connectivity index (χ3v) is 2.24. The number of hydrogen-bond donors (Lipinski definition) is 1. The highest BCUT2D eigenvalue weighted by atomic mass is 16.5. The Balaban J connectivity index is 3.01. The van der Waals surface area contributed by atoms with Crippen molar-refractivity contribution >= 4 is 5.97 Å². The van der Waals surface area contributed by atoms with Crippen LogP contribution in [0.3, 0.4) is 0 Å². The second-order valence-electron chi connectivity index (χ2n) is 3.71. The van der Waals surface area contributed by atoms with Gasteiger partial charge in [0.1, 0.15) is 0 Å². The number of esters is 1. The molecular weight excluding hydrogens is 206 g/mol. The predicted molar refractivity (Wildman–Crippen MR) is 64.5 cm³/mol. The predicted octanol–water partition coefficient (Wildman–Crippen LogP) is 1.74. The number of carbonyl (C=O) groups excluding carboxylic acids is 1. The zero-order valence-electron chi connectivity index (χ0n) is 10.6. The third kappa shape index (κ3) is 11.5. The molecule has 96 valence electrons. The minimum atomic E-state index is -0.0736. The highest BCUT2D eigenvalue weighted by Gasteiger charge is 2.00. The van der Waals surface area contributed by atoms with Crippen LogP contribution >= 0.6 is 0 Å². The lowest BCUT2D eigenvalue weighted by molar-refractivity contribution is -0.143. The number of rotatable bonds is 11. The average molecular weight is 231 g/mol. The summed E-state index contributed by atoms with van der Waals surface area (Å²) in [6.45, 7) is 5.16. The summed E-state index contributed by atoms with van der Waals surface area (Å²) in [4.78, 5) is 11.0. The molecule has 0 spiro atoms. The van der Waals surface area contributed by atoms with E-state index in [0.717, 1.165) is 45.4 Å². The van der Waals surface area contributed by atoms with E-state index in [9.17, 15) is 4.79 Å². The van der Waals surface area contributed by atoms with Crippen molar-refractivity contribution < 1.29 is 14.3 Å². The van der Waals surface area contributed by atoms with Crippen molar-refractivity contribution in [2.45, 2.75) is 39.0 Å². The Kier molecular flexibility index (Phi) is 12.0. The highest BCUT2D eigenvalue weighted by Crippen LogP contribution is 2.00. The molecule has 0 rings (SSSR count). The van der Waals surface area contributed by atoms with E-state index in [0.29, 0.717) is 13.0 Å². The van der Waals surface area contributed by atoms with Gasteiger partial charge in [0.15, 0.2) is 0 Å². The quantitative estimate of drug-likeness (QED) is 0.434. The fourth-order valence-electron chi connectivity index (χ4n) is 1.40. The van der Waals surface area contributed by atoms with Gasteiger partial charge in [-0.1, -0.05) is 6.42 Å². The SMILES string of the molecule is CCOC(=O)CCCCCNCCCOC. The van der Waals surface area contributed by atoms with Gasteiger partial charge in [-0.15, -0.1) is 0 Å². The minimum absolute atomic E-state index is 0.0736. The van der Waals surface area contributed by atoms with Crippen molar-refractivity contribution in [3.05, 3.63) is 0 Å². The highest BCUT2D eigenvalue weighted by molar-refractivity contribution is 5.69. The molecule has 0 unspecified atom stereocenters. The van der Waals surface area contributed by atoms with Crippen LogP contribution in [0.15, 0.2) is 0 Å². The van der Waals surface area contributed by atoms with Gasteiger partial charge < -0.3 is 14.8 Å². The Labute approximate surface area is 98.7 Å². The van der Waals surface area contributed by atoms with Gasteiger partial charge in [-0.05, 0) is 39.3 Å². The monoisotopic (exact) mass is 231 g/mol. The van der Waals surface area contributed by atoms with E-state index < -0.39 is 0 Å². The Morgan fingerprint density at radius 2 is 1.88 bits per heavy atom. The lowest BCUT2D eigenvalue weighted by Gasteiger charge is -2.04. The van der Waals surface area contributed by atoms with Crippen molar-refractivity contribution in [2.24, 2.45) is 0 Å². The Morgan fingerprint density at radius 3 is 2.56 bits per heavy atom. The van der Waals surface area contributed by atoms with Crippen LogP contribution in [0.2, 0.25) is 0 Å². The van der Waals surface area contributed by atoms with Gasteiger partial charge in [0, 0.05) is 20.1 Å². The summed E-state index contributed by atoms with van der Waals surface area (Å²) in [5.41, 5.74) is 0. The molecule has 0 fully saturated rings. The van der Waals surface area contributed by atoms with Gasteiger partial charge in [-0.3, -0.25) is 4.79 Å². The topological polar surface area (TPSA) is 47.6 Å². The fraction of sp³-hybridized carbons (Fsp3) is 0.917. The van der Waals surface area contributed by atoms with Crippen LogP contribution in [0.4, 0.5) is 0 Å². The van der Waals surface area contributed by atoms with Gasteiger partial charge in [-0.25, -0.2) is 0 Å². The maximum absolute atomic E-state index is 11.0. The Bertz CT molecular complexity index is 162. The summed E-state index contributed by atoms with van der Waals surface area (Å²) in [6, 6.07) is 0. The molecule has 16 heavy (non-hydrogen) atoms. The van der Waals surface area contributed by atoms with E-state index in [2.05, 4.69) is 5.32 Å².